The fourth-order valence-corrected chi connectivity index (χ4v) is 5.46. The van der Waals surface area contributed by atoms with Gasteiger partial charge in [-0.05, 0) is 41.8 Å². The van der Waals surface area contributed by atoms with Crippen LogP contribution in [-0.2, 0) is 27.5 Å². The first kappa shape index (κ1) is 26.1. The van der Waals surface area contributed by atoms with Crippen molar-refractivity contribution in [2.45, 2.75) is 24.2 Å². The number of aromatic nitrogens is 3. The second-order valence-electron chi connectivity index (χ2n) is 9.12. The lowest BCUT2D eigenvalue weighted by Gasteiger charge is -2.13. The zero-order chi connectivity index (χ0) is 27.7. The number of carboxylic acid groups (broad SMARTS) is 1. The van der Waals surface area contributed by atoms with Crippen LogP contribution in [0.5, 0.6) is 11.5 Å². The molecular formula is C28H23F2N3O5S. The van der Waals surface area contributed by atoms with Crippen molar-refractivity contribution >= 4 is 26.7 Å². The first-order valence-electron chi connectivity index (χ1n) is 11.9. The summed E-state index contributed by atoms with van der Waals surface area (Å²) in [4.78, 5) is 20.7. The van der Waals surface area contributed by atoms with Gasteiger partial charge in [0.15, 0.2) is 21.4 Å². The van der Waals surface area contributed by atoms with Crippen molar-refractivity contribution in [3.63, 3.8) is 0 Å². The maximum absolute atomic E-state index is 15.0. The molecule has 200 valence electrons. The number of hydrogen-bond donors (Lipinski definition) is 3. The summed E-state index contributed by atoms with van der Waals surface area (Å²) in [6, 6.07) is 13.9. The Labute approximate surface area is 222 Å². The van der Waals surface area contributed by atoms with Crippen molar-refractivity contribution < 1.29 is 31.8 Å². The molecule has 0 amide bonds. The van der Waals surface area contributed by atoms with Gasteiger partial charge in [-0.2, -0.15) is 0 Å². The molecule has 3 aromatic carbocycles. The number of carbonyl (C=O) groups is 1. The number of rotatable bonds is 9. The van der Waals surface area contributed by atoms with Crippen molar-refractivity contribution in [2.75, 3.05) is 6.26 Å². The van der Waals surface area contributed by atoms with Crippen LogP contribution < -0.4 is 4.74 Å². The number of carboxylic acids is 1. The molecule has 11 heteroatoms. The van der Waals surface area contributed by atoms with E-state index in [1.54, 1.807) is 6.20 Å². The monoisotopic (exact) mass is 551 g/mol. The Morgan fingerprint density at radius 2 is 1.85 bits per heavy atom. The molecule has 0 atom stereocenters. The van der Waals surface area contributed by atoms with Crippen molar-refractivity contribution in [3.8, 4) is 22.9 Å². The number of nitrogens with one attached hydrogen (secondary N) is 2. The molecule has 0 saturated carbocycles. The highest BCUT2D eigenvalue weighted by atomic mass is 32.2. The van der Waals surface area contributed by atoms with Gasteiger partial charge in [-0.25, -0.2) is 22.2 Å². The molecule has 0 unspecified atom stereocenters. The van der Waals surface area contributed by atoms with Crippen LogP contribution in [0.25, 0.3) is 22.3 Å². The number of fused-ring (bicyclic) bond motifs is 1. The smallest absolute Gasteiger partial charge is 0.303 e. The van der Waals surface area contributed by atoms with Crippen LogP contribution in [0.4, 0.5) is 8.78 Å². The number of aromatic amines is 2. The van der Waals surface area contributed by atoms with Gasteiger partial charge in [-0.1, -0.05) is 24.3 Å². The van der Waals surface area contributed by atoms with Crippen molar-refractivity contribution in [1.29, 1.82) is 0 Å². The molecule has 0 spiro atoms. The van der Waals surface area contributed by atoms with Crippen LogP contribution in [0.2, 0.25) is 0 Å². The SMILES string of the molecule is CS(=O)(=O)c1c(Oc2ccc(F)c(-c3ncc(Cc4cccc(CCC(=O)O)c4)[nH]3)c2)c(F)cc2[nH]ccc12. The van der Waals surface area contributed by atoms with E-state index in [9.17, 15) is 22.0 Å². The maximum atomic E-state index is 15.0. The van der Waals surface area contributed by atoms with Crippen LogP contribution in [0, 0.1) is 11.6 Å². The molecule has 0 bridgehead atoms. The summed E-state index contributed by atoms with van der Waals surface area (Å²) in [6.07, 6.45) is 4.92. The Bertz CT molecular complexity index is 1810. The topological polar surface area (TPSA) is 125 Å². The van der Waals surface area contributed by atoms with Crippen molar-refractivity contribution in [2.24, 2.45) is 0 Å². The van der Waals surface area contributed by atoms with Gasteiger partial charge < -0.3 is 19.8 Å². The molecule has 8 nitrogen and oxygen atoms in total. The third kappa shape index (κ3) is 5.68. The third-order valence-electron chi connectivity index (χ3n) is 6.14. The molecule has 5 rings (SSSR count). The van der Waals surface area contributed by atoms with Crippen LogP contribution in [-0.4, -0.2) is 40.7 Å². The predicted octanol–water partition coefficient (Wildman–Crippen LogP) is 5.64. The van der Waals surface area contributed by atoms with Gasteiger partial charge in [0.25, 0.3) is 0 Å². The van der Waals surface area contributed by atoms with E-state index < -0.39 is 33.2 Å². The van der Waals surface area contributed by atoms with E-state index in [4.69, 9.17) is 9.84 Å². The maximum Gasteiger partial charge on any atom is 0.303 e. The molecule has 0 fully saturated rings. The fraction of sp³-hybridized carbons (Fsp3) is 0.143. The number of benzene rings is 3. The lowest BCUT2D eigenvalue weighted by molar-refractivity contribution is -0.136. The van der Waals surface area contributed by atoms with Crippen LogP contribution in [0.15, 0.2) is 71.9 Å². The van der Waals surface area contributed by atoms with Crippen LogP contribution in [0.1, 0.15) is 23.2 Å². The number of sulfone groups is 1. The van der Waals surface area contributed by atoms with E-state index in [1.165, 1.54) is 24.4 Å². The minimum atomic E-state index is -3.89. The average Bonchev–Trinajstić information content (AvgIpc) is 3.53. The fourth-order valence-electron chi connectivity index (χ4n) is 4.41. The van der Waals surface area contributed by atoms with E-state index in [0.717, 1.165) is 29.5 Å². The van der Waals surface area contributed by atoms with E-state index in [1.807, 2.05) is 24.3 Å². The lowest BCUT2D eigenvalue weighted by atomic mass is 10.0. The van der Waals surface area contributed by atoms with E-state index in [2.05, 4.69) is 15.0 Å². The highest BCUT2D eigenvalue weighted by Crippen LogP contribution is 2.38. The molecule has 0 aliphatic carbocycles. The molecule has 5 aromatic rings. The minimum absolute atomic E-state index is 0.0224. The molecule has 0 radical (unpaired) electrons. The van der Waals surface area contributed by atoms with Crippen molar-refractivity contribution in [1.82, 2.24) is 15.0 Å². The number of ether oxygens (including phenoxy) is 1. The summed E-state index contributed by atoms with van der Waals surface area (Å²) >= 11 is 0. The minimum Gasteiger partial charge on any atom is -0.481 e. The predicted molar refractivity (Wildman–Crippen MR) is 141 cm³/mol. The number of imidazole rings is 1. The summed E-state index contributed by atoms with van der Waals surface area (Å²) in [5.74, 6) is -2.61. The summed E-state index contributed by atoms with van der Waals surface area (Å²) in [7, 11) is -3.89. The first-order valence-corrected chi connectivity index (χ1v) is 13.8. The second-order valence-corrected chi connectivity index (χ2v) is 11.1. The quantitative estimate of drug-likeness (QED) is 0.218. The summed E-state index contributed by atoms with van der Waals surface area (Å²) < 4.78 is 60.5. The summed E-state index contributed by atoms with van der Waals surface area (Å²) in [6.45, 7) is 0. The molecule has 2 heterocycles. The standard InChI is InChI=1S/C28H23F2N3O5S/c1-39(36,37)27-20-9-10-31-24(20)14-23(30)26(27)38-19-6-7-22(29)21(13-19)28-32-15-18(33-28)12-17-4-2-3-16(11-17)5-8-25(34)35/h2-4,6-7,9-11,13-15,31H,5,8,12H2,1H3,(H,32,33)(H,34,35). The summed E-state index contributed by atoms with van der Waals surface area (Å²) in [5, 5.41) is 9.19. The number of hydrogen-bond acceptors (Lipinski definition) is 5. The molecule has 0 aliphatic rings. The van der Waals surface area contributed by atoms with Crippen LogP contribution in [0.3, 0.4) is 0 Å². The van der Waals surface area contributed by atoms with Crippen molar-refractivity contribution in [3.05, 3.63) is 95.4 Å². The third-order valence-corrected chi connectivity index (χ3v) is 7.29. The first-order chi connectivity index (χ1) is 18.6. The average molecular weight is 552 g/mol. The summed E-state index contributed by atoms with van der Waals surface area (Å²) in [5.41, 5.74) is 2.86. The molecule has 3 N–H and O–H groups in total. The molecular weight excluding hydrogens is 528 g/mol. The second kappa shape index (κ2) is 10.3. The number of halogens is 2. The Hall–Kier alpha value is -4.51. The Morgan fingerprint density at radius 3 is 2.62 bits per heavy atom. The molecule has 0 saturated heterocycles. The highest BCUT2D eigenvalue weighted by Gasteiger charge is 2.24. The Kier molecular flexibility index (Phi) is 6.92. The number of aliphatic carboxylic acids is 1. The van der Waals surface area contributed by atoms with Gasteiger partial charge in [0, 0.05) is 54.2 Å². The lowest BCUT2D eigenvalue weighted by Crippen LogP contribution is -2.03. The number of aryl methyl sites for hydroxylation is 1. The van der Waals surface area contributed by atoms with E-state index >= 15 is 0 Å². The van der Waals surface area contributed by atoms with Gasteiger partial charge in [0.2, 0.25) is 0 Å². The number of H-pyrrole nitrogens is 2. The zero-order valence-corrected chi connectivity index (χ0v) is 21.5. The van der Waals surface area contributed by atoms with Crippen LogP contribution >= 0.6 is 0 Å². The van der Waals surface area contributed by atoms with Gasteiger partial charge in [0.1, 0.15) is 22.3 Å². The van der Waals surface area contributed by atoms with Gasteiger partial charge in [-0.15, -0.1) is 0 Å². The highest BCUT2D eigenvalue weighted by molar-refractivity contribution is 7.91. The Balaban J connectivity index is 1.43. The largest absolute Gasteiger partial charge is 0.481 e. The molecule has 2 aromatic heterocycles. The number of nitrogens with zero attached hydrogens (tertiary/aromatic N) is 1. The van der Waals surface area contributed by atoms with E-state index in [0.29, 0.717) is 24.1 Å². The zero-order valence-electron chi connectivity index (χ0n) is 20.7. The normalized spacial score (nSPS) is 11.7. The van der Waals surface area contributed by atoms with Gasteiger partial charge >= 0.3 is 5.97 Å². The Morgan fingerprint density at radius 1 is 1.05 bits per heavy atom. The molecule has 39 heavy (non-hydrogen) atoms. The van der Waals surface area contributed by atoms with Gasteiger partial charge in [0.05, 0.1) is 5.56 Å². The van der Waals surface area contributed by atoms with Gasteiger partial charge in [-0.3, -0.25) is 4.79 Å². The van der Waals surface area contributed by atoms with E-state index in [-0.39, 0.29) is 33.8 Å². The molecule has 0 aliphatic heterocycles.